The second-order valence-electron chi connectivity index (χ2n) is 6.06. The van der Waals surface area contributed by atoms with E-state index in [1.807, 2.05) is 0 Å². The third kappa shape index (κ3) is 6.38. The lowest BCUT2D eigenvalue weighted by atomic mass is 10.2. The summed E-state index contributed by atoms with van der Waals surface area (Å²) < 4.78 is 7.14. The zero-order valence-electron chi connectivity index (χ0n) is 12.8. The van der Waals surface area contributed by atoms with E-state index in [0.717, 1.165) is 6.04 Å². The fraction of sp³-hybridized carbons (Fsp3) is 0.500. The van der Waals surface area contributed by atoms with Crippen LogP contribution in [0.3, 0.4) is 0 Å². The molecule has 0 aliphatic rings. The van der Waals surface area contributed by atoms with Gasteiger partial charge in [0.15, 0.2) is 0 Å². The number of nitriles is 1. The van der Waals surface area contributed by atoms with E-state index >= 15 is 0 Å². The van der Waals surface area contributed by atoms with Gasteiger partial charge in [0, 0.05) is 21.1 Å². The molecule has 0 aliphatic carbocycles. The van der Waals surface area contributed by atoms with Crippen LogP contribution >= 0.6 is 0 Å². The standard InChI is InChI=1S/C14H22N4O2Si/c1-12(10-16-19)7-13-8-14(9-15)18(17-13)11-20-5-6-21(2,3)4/h8,10,19H,1,5-7,11H2,2-4H3/b16-10-. The quantitative estimate of drug-likeness (QED) is 0.263. The Morgan fingerprint density at radius 2 is 2.33 bits per heavy atom. The summed E-state index contributed by atoms with van der Waals surface area (Å²) in [4.78, 5) is 0. The van der Waals surface area contributed by atoms with Gasteiger partial charge in [0.05, 0.1) is 11.9 Å². The number of hydrogen-bond donors (Lipinski definition) is 1. The number of ether oxygens (including phenoxy) is 1. The van der Waals surface area contributed by atoms with Crippen molar-refractivity contribution < 1.29 is 9.94 Å². The van der Waals surface area contributed by atoms with Crippen molar-refractivity contribution in [2.75, 3.05) is 6.61 Å². The van der Waals surface area contributed by atoms with Crippen molar-refractivity contribution in [2.45, 2.75) is 38.8 Å². The number of rotatable bonds is 8. The summed E-state index contributed by atoms with van der Waals surface area (Å²) in [7, 11) is -1.11. The van der Waals surface area contributed by atoms with Crippen LogP contribution in [-0.2, 0) is 17.9 Å². The molecule has 0 unspecified atom stereocenters. The molecule has 0 bridgehead atoms. The van der Waals surface area contributed by atoms with Gasteiger partial charge in [0.25, 0.3) is 0 Å². The highest BCUT2D eigenvalue weighted by atomic mass is 28.3. The molecule has 1 aromatic rings. The average Bonchev–Trinajstić information content (AvgIpc) is 2.76. The molecule has 0 radical (unpaired) electrons. The van der Waals surface area contributed by atoms with Crippen LogP contribution in [0.5, 0.6) is 0 Å². The van der Waals surface area contributed by atoms with Crippen molar-refractivity contribution in [3.05, 3.63) is 29.6 Å². The van der Waals surface area contributed by atoms with Gasteiger partial charge in [-0.05, 0) is 17.7 Å². The van der Waals surface area contributed by atoms with E-state index in [9.17, 15) is 0 Å². The molecule has 0 aromatic carbocycles. The summed E-state index contributed by atoms with van der Waals surface area (Å²) in [6.07, 6.45) is 1.69. The van der Waals surface area contributed by atoms with E-state index in [1.165, 1.54) is 6.21 Å². The predicted octanol–water partition coefficient (Wildman–Crippen LogP) is 2.63. The summed E-state index contributed by atoms with van der Waals surface area (Å²) in [6, 6.07) is 4.86. The molecule has 6 nitrogen and oxygen atoms in total. The molecule has 0 saturated heterocycles. The minimum absolute atomic E-state index is 0.272. The Kier molecular flexibility index (Phi) is 6.33. The van der Waals surface area contributed by atoms with Crippen LogP contribution in [0, 0.1) is 11.3 Å². The molecular formula is C14H22N4O2Si. The number of allylic oxidation sites excluding steroid dienone is 1. The third-order valence-electron chi connectivity index (χ3n) is 2.80. The summed E-state index contributed by atoms with van der Waals surface area (Å²) >= 11 is 0. The van der Waals surface area contributed by atoms with Crippen LogP contribution in [0.2, 0.25) is 25.7 Å². The summed E-state index contributed by atoms with van der Waals surface area (Å²) in [5.41, 5.74) is 1.77. The predicted molar refractivity (Wildman–Crippen MR) is 84.2 cm³/mol. The van der Waals surface area contributed by atoms with Gasteiger partial charge in [-0.2, -0.15) is 10.4 Å². The second kappa shape index (κ2) is 7.76. The SMILES string of the molecule is C=C(/C=N\O)Cc1cc(C#N)n(COCC[Si](C)(C)C)n1. The molecule has 0 saturated carbocycles. The molecule has 21 heavy (non-hydrogen) atoms. The van der Waals surface area contributed by atoms with Crippen molar-refractivity contribution in [1.29, 1.82) is 5.26 Å². The van der Waals surface area contributed by atoms with Crippen molar-refractivity contribution in [3.63, 3.8) is 0 Å². The van der Waals surface area contributed by atoms with Crippen LogP contribution < -0.4 is 0 Å². The normalized spacial score (nSPS) is 11.7. The van der Waals surface area contributed by atoms with Crippen LogP contribution in [0.1, 0.15) is 11.4 Å². The Hall–Kier alpha value is -1.91. The van der Waals surface area contributed by atoms with Gasteiger partial charge in [-0.1, -0.05) is 31.4 Å². The van der Waals surface area contributed by atoms with Gasteiger partial charge in [-0.3, -0.25) is 0 Å². The summed E-state index contributed by atoms with van der Waals surface area (Å²) in [5, 5.41) is 24.8. The van der Waals surface area contributed by atoms with Gasteiger partial charge in [-0.15, -0.1) is 0 Å². The lowest BCUT2D eigenvalue weighted by molar-refractivity contribution is 0.0777. The topological polar surface area (TPSA) is 83.4 Å². The van der Waals surface area contributed by atoms with E-state index in [0.29, 0.717) is 30.0 Å². The monoisotopic (exact) mass is 306 g/mol. The molecule has 0 aliphatic heterocycles. The number of hydrogen-bond acceptors (Lipinski definition) is 5. The first-order valence-corrected chi connectivity index (χ1v) is 10.5. The van der Waals surface area contributed by atoms with Crippen LogP contribution in [-0.4, -0.2) is 35.9 Å². The number of nitrogens with zero attached hydrogens (tertiary/aromatic N) is 4. The molecule has 1 aromatic heterocycles. The van der Waals surface area contributed by atoms with Crippen molar-refractivity contribution in [3.8, 4) is 6.07 Å². The highest BCUT2D eigenvalue weighted by molar-refractivity contribution is 6.76. The summed E-state index contributed by atoms with van der Waals surface area (Å²) in [5.74, 6) is 0. The van der Waals surface area contributed by atoms with Gasteiger partial charge >= 0.3 is 0 Å². The lowest BCUT2D eigenvalue weighted by Gasteiger charge is -2.15. The Balaban J connectivity index is 2.60. The highest BCUT2D eigenvalue weighted by Gasteiger charge is 2.13. The summed E-state index contributed by atoms with van der Waals surface area (Å²) in [6.45, 7) is 11.6. The first-order valence-electron chi connectivity index (χ1n) is 6.75. The molecule has 0 atom stereocenters. The molecule has 1 rings (SSSR count). The van der Waals surface area contributed by atoms with Crippen LogP contribution in [0.15, 0.2) is 23.4 Å². The Labute approximate surface area is 126 Å². The van der Waals surface area contributed by atoms with Gasteiger partial charge < -0.3 is 9.94 Å². The van der Waals surface area contributed by atoms with E-state index in [2.05, 4.69) is 42.5 Å². The fourth-order valence-electron chi connectivity index (χ4n) is 1.63. The van der Waals surface area contributed by atoms with Crippen molar-refractivity contribution >= 4 is 14.3 Å². The van der Waals surface area contributed by atoms with E-state index in [4.69, 9.17) is 15.2 Å². The molecule has 0 fully saturated rings. The van der Waals surface area contributed by atoms with E-state index in [-0.39, 0.29) is 6.73 Å². The molecular weight excluding hydrogens is 284 g/mol. The zero-order valence-corrected chi connectivity index (χ0v) is 13.8. The van der Waals surface area contributed by atoms with Crippen LogP contribution in [0.25, 0.3) is 0 Å². The third-order valence-corrected chi connectivity index (χ3v) is 4.51. The Morgan fingerprint density at radius 3 is 2.90 bits per heavy atom. The lowest BCUT2D eigenvalue weighted by Crippen LogP contribution is -2.22. The molecule has 0 spiro atoms. The van der Waals surface area contributed by atoms with E-state index in [1.54, 1.807) is 10.7 Å². The maximum absolute atomic E-state index is 9.11. The minimum Gasteiger partial charge on any atom is -0.411 e. The largest absolute Gasteiger partial charge is 0.411 e. The Morgan fingerprint density at radius 1 is 1.62 bits per heavy atom. The molecule has 0 amide bonds. The van der Waals surface area contributed by atoms with Gasteiger partial charge in [0.1, 0.15) is 18.5 Å². The molecule has 1 heterocycles. The smallest absolute Gasteiger partial charge is 0.141 e. The maximum Gasteiger partial charge on any atom is 0.141 e. The van der Waals surface area contributed by atoms with Gasteiger partial charge in [0.2, 0.25) is 0 Å². The molecule has 114 valence electrons. The highest BCUT2D eigenvalue weighted by Crippen LogP contribution is 2.10. The van der Waals surface area contributed by atoms with Crippen molar-refractivity contribution in [2.24, 2.45) is 5.16 Å². The van der Waals surface area contributed by atoms with Gasteiger partial charge in [-0.25, -0.2) is 4.68 Å². The Bertz CT molecular complexity index is 552. The zero-order chi connectivity index (χ0) is 15.9. The van der Waals surface area contributed by atoms with Crippen LogP contribution in [0.4, 0.5) is 0 Å². The second-order valence-corrected chi connectivity index (χ2v) is 11.7. The maximum atomic E-state index is 9.11. The number of oxime groups is 1. The first kappa shape index (κ1) is 17.1. The first-order chi connectivity index (χ1) is 9.85. The molecule has 7 heteroatoms. The average molecular weight is 306 g/mol. The molecule has 1 N–H and O–H groups in total. The van der Waals surface area contributed by atoms with E-state index < -0.39 is 8.07 Å². The van der Waals surface area contributed by atoms with Crippen molar-refractivity contribution in [1.82, 2.24) is 9.78 Å². The fourth-order valence-corrected chi connectivity index (χ4v) is 2.39. The minimum atomic E-state index is -1.11. The number of aromatic nitrogens is 2.